The fourth-order valence-electron chi connectivity index (χ4n) is 3.43. The summed E-state index contributed by atoms with van der Waals surface area (Å²) in [5, 5.41) is 6.33. The topological polar surface area (TPSA) is 95.1 Å². The van der Waals surface area contributed by atoms with Gasteiger partial charge >= 0.3 is 0 Å². The fourth-order valence-corrected chi connectivity index (χ4v) is 3.43. The molecule has 0 saturated carbocycles. The molecule has 1 fully saturated rings. The SMILES string of the molecule is Cc1n[nH]c(=O)c(C(=O)N2CCN(c3ccnc(-c4ccccc4)n3)CC2)c1C. The number of piperazine rings is 1. The number of nitrogens with zero attached hydrogens (tertiary/aromatic N) is 5. The second kappa shape index (κ2) is 7.83. The Morgan fingerprint density at radius 3 is 2.48 bits per heavy atom. The van der Waals surface area contributed by atoms with Gasteiger partial charge in [0.2, 0.25) is 0 Å². The largest absolute Gasteiger partial charge is 0.353 e. The van der Waals surface area contributed by atoms with E-state index in [0.717, 1.165) is 11.4 Å². The van der Waals surface area contributed by atoms with Crippen molar-refractivity contribution in [3.05, 3.63) is 69.8 Å². The Morgan fingerprint density at radius 2 is 1.76 bits per heavy atom. The molecule has 148 valence electrons. The molecule has 1 aliphatic rings. The first kappa shape index (κ1) is 18.8. The van der Waals surface area contributed by atoms with Crippen LogP contribution in [0.2, 0.25) is 0 Å². The van der Waals surface area contributed by atoms with E-state index < -0.39 is 5.56 Å². The fraction of sp³-hybridized carbons (Fsp3) is 0.286. The number of nitrogens with one attached hydrogen (secondary N) is 1. The van der Waals surface area contributed by atoms with Crippen molar-refractivity contribution >= 4 is 11.7 Å². The van der Waals surface area contributed by atoms with Crippen LogP contribution < -0.4 is 10.5 Å². The lowest BCUT2D eigenvalue weighted by Gasteiger charge is -2.35. The van der Waals surface area contributed by atoms with Crippen molar-refractivity contribution in [2.45, 2.75) is 13.8 Å². The van der Waals surface area contributed by atoms with E-state index in [-0.39, 0.29) is 11.5 Å². The number of amides is 1. The van der Waals surface area contributed by atoms with Gasteiger partial charge in [-0.3, -0.25) is 9.59 Å². The van der Waals surface area contributed by atoms with Crippen LogP contribution in [-0.4, -0.2) is 57.2 Å². The Hall–Kier alpha value is -3.55. The van der Waals surface area contributed by atoms with Crippen LogP contribution in [0.1, 0.15) is 21.6 Å². The number of benzene rings is 1. The lowest BCUT2D eigenvalue weighted by molar-refractivity contribution is 0.0743. The van der Waals surface area contributed by atoms with Crippen LogP contribution in [-0.2, 0) is 0 Å². The van der Waals surface area contributed by atoms with Gasteiger partial charge in [0.05, 0.1) is 5.69 Å². The van der Waals surface area contributed by atoms with Gasteiger partial charge in [-0.2, -0.15) is 5.10 Å². The van der Waals surface area contributed by atoms with E-state index in [9.17, 15) is 9.59 Å². The van der Waals surface area contributed by atoms with Crippen LogP contribution in [0.5, 0.6) is 0 Å². The average molecular weight is 390 g/mol. The maximum Gasteiger partial charge on any atom is 0.277 e. The van der Waals surface area contributed by atoms with E-state index in [1.807, 2.05) is 36.4 Å². The monoisotopic (exact) mass is 390 g/mol. The predicted octanol–water partition coefficient (Wildman–Crippen LogP) is 1.81. The highest BCUT2D eigenvalue weighted by atomic mass is 16.2. The summed E-state index contributed by atoms with van der Waals surface area (Å²) in [4.78, 5) is 37.9. The maximum atomic E-state index is 12.9. The van der Waals surface area contributed by atoms with Crippen LogP contribution >= 0.6 is 0 Å². The summed E-state index contributed by atoms with van der Waals surface area (Å²) in [6.07, 6.45) is 1.75. The number of H-pyrrole nitrogens is 1. The molecule has 0 atom stereocenters. The summed E-state index contributed by atoms with van der Waals surface area (Å²) in [6, 6.07) is 11.7. The van der Waals surface area contributed by atoms with Crippen molar-refractivity contribution in [1.29, 1.82) is 0 Å². The van der Waals surface area contributed by atoms with Crippen molar-refractivity contribution in [2.75, 3.05) is 31.1 Å². The van der Waals surface area contributed by atoms with Crippen molar-refractivity contribution in [2.24, 2.45) is 0 Å². The Labute approximate surface area is 168 Å². The number of aryl methyl sites for hydroxylation is 1. The third-order valence-electron chi connectivity index (χ3n) is 5.25. The summed E-state index contributed by atoms with van der Waals surface area (Å²) in [6.45, 7) is 5.84. The van der Waals surface area contributed by atoms with Crippen LogP contribution in [0.25, 0.3) is 11.4 Å². The van der Waals surface area contributed by atoms with E-state index >= 15 is 0 Å². The number of rotatable bonds is 3. The molecule has 0 aliphatic carbocycles. The molecule has 0 radical (unpaired) electrons. The second-order valence-corrected chi connectivity index (χ2v) is 7.02. The zero-order chi connectivity index (χ0) is 20.4. The second-order valence-electron chi connectivity index (χ2n) is 7.02. The van der Waals surface area contributed by atoms with Crippen molar-refractivity contribution < 1.29 is 4.79 Å². The van der Waals surface area contributed by atoms with Gasteiger partial charge in [0.1, 0.15) is 11.4 Å². The summed E-state index contributed by atoms with van der Waals surface area (Å²) in [5.74, 6) is 1.26. The summed E-state index contributed by atoms with van der Waals surface area (Å²) in [5.41, 5.74) is 1.99. The first-order chi connectivity index (χ1) is 14.0. The highest BCUT2D eigenvalue weighted by molar-refractivity contribution is 5.95. The molecule has 29 heavy (non-hydrogen) atoms. The van der Waals surface area contributed by atoms with Crippen LogP contribution in [0, 0.1) is 13.8 Å². The van der Waals surface area contributed by atoms with E-state index in [2.05, 4.69) is 25.1 Å². The highest BCUT2D eigenvalue weighted by Gasteiger charge is 2.26. The summed E-state index contributed by atoms with van der Waals surface area (Å²) < 4.78 is 0. The van der Waals surface area contributed by atoms with Gasteiger partial charge in [-0.25, -0.2) is 15.1 Å². The van der Waals surface area contributed by atoms with Crippen LogP contribution in [0.15, 0.2) is 47.4 Å². The van der Waals surface area contributed by atoms with Gasteiger partial charge < -0.3 is 9.80 Å². The number of hydrogen-bond donors (Lipinski definition) is 1. The molecule has 8 nitrogen and oxygen atoms in total. The molecule has 1 aromatic carbocycles. The van der Waals surface area contributed by atoms with Gasteiger partial charge in [0.25, 0.3) is 11.5 Å². The molecule has 0 spiro atoms. The highest BCUT2D eigenvalue weighted by Crippen LogP contribution is 2.20. The van der Waals surface area contributed by atoms with E-state index in [0.29, 0.717) is 43.3 Å². The maximum absolute atomic E-state index is 12.9. The quantitative estimate of drug-likeness (QED) is 0.733. The molecular weight excluding hydrogens is 368 g/mol. The normalized spacial score (nSPS) is 14.1. The Morgan fingerprint density at radius 1 is 1.03 bits per heavy atom. The van der Waals surface area contributed by atoms with Gasteiger partial charge in [-0.05, 0) is 25.5 Å². The zero-order valence-corrected chi connectivity index (χ0v) is 16.4. The van der Waals surface area contributed by atoms with Crippen molar-refractivity contribution in [3.63, 3.8) is 0 Å². The Balaban J connectivity index is 1.49. The number of anilines is 1. The third-order valence-corrected chi connectivity index (χ3v) is 5.25. The minimum Gasteiger partial charge on any atom is -0.353 e. The number of hydrogen-bond acceptors (Lipinski definition) is 6. The minimum atomic E-state index is -0.441. The summed E-state index contributed by atoms with van der Waals surface area (Å²) >= 11 is 0. The zero-order valence-electron chi connectivity index (χ0n) is 16.4. The molecule has 8 heteroatoms. The summed E-state index contributed by atoms with van der Waals surface area (Å²) in [7, 11) is 0. The minimum absolute atomic E-state index is 0.180. The molecule has 1 saturated heterocycles. The van der Waals surface area contributed by atoms with E-state index in [1.165, 1.54) is 0 Å². The van der Waals surface area contributed by atoms with Crippen molar-refractivity contribution in [3.8, 4) is 11.4 Å². The van der Waals surface area contributed by atoms with Gasteiger partial charge in [0, 0.05) is 37.9 Å². The molecule has 2 aromatic heterocycles. The van der Waals surface area contributed by atoms with Gasteiger partial charge in [-0.15, -0.1) is 0 Å². The lowest BCUT2D eigenvalue weighted by Crippen LogP contribution is -2.50. The predicted molar refractivity (Wildman–Crippen MR) is 110 cm³/mol. The van der Waals surface area contributed by atoms with E-state index in [1.54, 1.807) is 24.9 Å². The Kier molecular flexibility index (Phi) is 5.07. The van der Waals surface area contributed by atoms with Crippen LogP contribution in [0.3, 0.4) is 0 Å². The van der Waals surface area contributed by atoms with Gasteiger partial charge in [0.15, 0.2) is 5.82 Å². The lowest BCUT2D eigenvalue weighted by atomic mass is 10.1. The molecule has 0 unspecified atom stereocenters. The number of carbonyl (C=O) groups excluding carboxylic acids is 1. The molecule has 1 N–H and O–H groups in total. The van der Waals surface area contributed by atoms with E-state index in [4.69, 9.17) is 0 Å². The number of aromatic nitrogens is 4. The van der Waals surface area contributed by atoms with Crippen molar-refractivity contribution in [1.82, 2.24) is 25.1 Å². The average Bonchev–Trinajstić information content (AvgIpc) is 2.77. The molecule has 0 bridgehead atoms. The molecule has 1 aliphatic heterocycles. The Bertz CT molecular complexity index is 1090. The molecule has 3 aromatic rings. The molecular formula is C21H22N6O2. The number of carbonyl (C=O) groups is 1. The van der Waals surface area contributed by atoms with Gasteiger partial charge in [-0.1, -0.05) is 30.3 Å². The molecule has 3 heterocycles. The first-order valence-corrected chi connectivity index (χ1v) is 9.53. The molecule has 1 amide bonds. The van der Waals surface area contributed by atoms with Crippen LogP contribution in [0.4, 0.5) is 5.82 Å². The smallest absolute Gasteiger partial charge is 0.277 e. The third kappa shape index (κ3) is 3.73. The standard InChI is InChI=1S/C21H22N6O2/c1-14-15(2)24-25-20(28)18(14)21(29)27-12-10-26(11-13-27)17-8-9-22-19(23-17)16-6-4-3-5-7-16/h3-9H,10-13H2,1-2H3,(H,25,28). The first-order valence-electron chi connectivity index (χ1n) is 9.53. The number of aromatic amines is 1. The molecule has 4 rings (SSSR count).